The molecule has 0 saturated carbocycles. The Balaban J connectivity index is 0.00000807. The molecule has 1 aliphatic heterocycles. The van der Waals surface area contributed by atoms with Gasteiger partial charge in [0.25, 0.3) is 6.33 Å². The van der Waals surface area contributed by atoms with Gasteiger partial charge < -0.3 is 18.3 Å². The Bertz CT molecular complexity index is 5660. The van der Waals surface area contributed by atoms with Gasteiger partial charge in [-0.05, 0) is 168 Å². The molecule has 0 fully saturated rings. The first-order chi connectivity index (χ1) is 45.5. The van der Waals surface area contributed by atoms with Crippen molar-refractivity contribution in [1.82, 2.24) is 14.1 Å². The number of benzene rings is 10. The number of hydrogen-bond acceptors (Lipinski definition) is 3. The van der Waals surface area contributed by atoms with Crippen LogP contribution in [0.15, 0.2) is 211 Å². The molecule has 0 aliphatic carbocycles. The van der Waals surface area contributed by atoms with Gasteiger partial charge in [-0.3, -0.25) is 4.57 Å². The molecular formula is C76H58N4O2Pt-2. The Hall–Kier alpha value is -9.09. The Morgan fingerprint density at radius 2 is 1.20 bits per heavy atom. The molecule has 0 atom stereocenters. The van der Waals surface area contributed by atoms with E-state index in [1.807, 2.05) is 106 Å². The molecule has 406 valence electrons. The second-order valence-electron chi connectivity index (χ2n) is 23.0. The molecule has 7 heteroatoms. The van der Waals surface area contributed by atoms with Crippen molar-refractivity contribution in [1.29, 1.82) is 0 Å². The molecule has 0 N–H and O–H groups in total. The largest absolute Gasteiger partial charge is 0.510 e. The van der Waals surface area contributed by atoms with Crippen LogP contribution in [0.3, 0.4) is 0 Å². The third kappa shape index (κ3) is 8.56. The summed E-state index contributed by atoms with van der Waals surface area (Å²) >= 11 is 0. The van der Waals surface area contributed by atoms with E-state index < -0.39 is 67.5 Å². The number of furan rings is 1. The topological polar surface area (TPSA) is 49.0 Å². The summed E-state index contributed by atoms with van der Waals surface area (Å²) in [5.41, 5.74) is 4.60. The molecule has 4 aromatic heterocycles. The van der Waals surface area contributed by atoms with Gasteiger partial charge in [0.2, 0.25) is 0 Å². The predicted octanol–water partition coefficient (Wildman–Crippen LogP) is 19.3. The van der Waals surface area contributed by atoms with E-state index in [0.717, 1.165) is 32.8 Å². The monoisotopic (exact) mass is 1270 g/mol. The van der Waals surface area contributed by atoms with Crippen molar-refractivity contribution in [3.63, 3.8) is 0 Å². The quantitative estimate of drug-likeness (QED) is 0.123. The van der Waals surface area contributed by atoms with Crippen LogP contribution in [0.4, 0.5) is 0 Å². The first-order valence-electron chi connectivity index (χ1n) is 34.1. The minimum absolute atomic E-state index is 0. The number of imidazole rings is 1. The van der Waals surface area contributed by atoms with Gasteiger partial charge >= 0.3 is 0 Å². The van der Waals surface area contributed by atoms with Gasteiger partial charge in [0.05, 0.1) is 27.7 Å². The molecule has 0 saturated heterocycles. The summed E-state index contributed by atoms with van der Waals surface area (Å²) in [7, 11) is 0. The third-order valence-electron chi connectivity index (χ3n) is 15.8. The number of para-hydroxylation sites is 2. The molecular weight excluding hydrogens is 1200 g/mol. The van der Waals surface area contributed by atoms with Gasteiger partial charge in [-0.15, -0.1) is 29.7 Å². The normalized spacial score (nSPS) is 15.0. The first kappa shape index (κ1) is 38.6. The Morgan fingerprint density at radius 1 is 0.542 bits per heavy atom. The van der Waals surface area contributed by atoms with Crippen molar-refractivity contribution in [2.45, 2.75) is 66.1 Å². The second kappa shape index (κ2) is 19.5. The summed E-state index contributed by atoms with van der Waals surface area (Å²) in [6, 6.07) is 47.7. The van der Waals surface area contributed by atoms with Crippen LogP contribution in [0, 0.1) is 32.2 Å². The second-order valence-corrected chi connectivity index (χ2v) is 23.0. The van der Waals surface area contributed by atoms with E-state index >= 15 is 0 Å². The average Bonchev–Trinajstić information content (AvgIpc) is 1.61. The third-order valence-corrected chi connectivity index (χ3v) is 15.8. The fourth-order valence-corrected chi connectivity index (χ4v) is 11.7. The number of aromatic nitrogens is 4. The number of ether oxygens (including phenoxy) is 1. The molecule has 0 spiro atoms. The molecule has 14 aromatic rings. The number of hydrogen-bond donors (Lipinski definition) is 0. The van der Waals surface area contributed by atoms with Crippen LogP contribution in [0.25, 0.3) is 128 Å². The van der Waals surface area contributed by atoms with Crippen LogP contribution in [-0.4, -0.2) is 14.1 Å². The maximum Gasteiger partial charge on any atom is 0.268 e. The smallest absolute Gasteiger partial charge is 0.268 e. The SMILES string of the molecule is [2H]c1c([2H])c([2H])c2c(c1[2H])-c1cc(-c3c(C([2H])([2H])[2H])cccc3C([2H])([2H])[2H])cc(-c3ccc4oc5ccccc5c4c3)c1-[n+]1[c-]n(-c3[c-]c(Oc4[c-]c5c(cc4)c4ccccc4n5-c4cc(C(C)(C)C)ccn4)ccc3)c3cc(C(C)(C)C)cc(c31)-c1c([2H])c([2H])c([2H])c([2H])c1-2.[Pt]. The van der Waals surface area contributed by atoms with Crippen LogP contribution in [0.5, 0.6) is 11.5 Å². The zero-order chi connectivity index (χ0) is 67.7. The van der Waals surface area contributed by atoms with Crippen LogP contribution in [-0.2, 0) is 31.9 Å². The van der Waals surface area contributed by atoms with Crippen molar-refractivity contribution in [3.8, 4) is 84.3 Å². The molecule has 0 bridgehead atoms. The zero-order valence-electron chi connectivity index (χ0n) is 59.9. The van der Waals surface area contributed by atoms with Gasteiger partial charge in [-0.2, -0.15) is 18.2 Å². The maximum absolute atomic E-state index is 10.2. The fraction of sp³-hybridized carbons (Fsp3) is 0.132. The van der Waals surface area contributed by atoms with E-state index in [4.69, 9.17) is 22.4 Å². The van der Waals surface area contributed by atoms with Crippen LogP contribution in [0.2, 0.25) is 0 Å². The number of pyridine rings is 1. The van der Waals surface area contributed by atoms with Gasteiger partial charge in [-0.1, -0.05) is 162 Å². The summed E-state index contributed by atoms with van der Waals surface area (Å²) in [5.74, 6) is 1.37. The maximum atomic E-state index is 10.2. The Labute approximate surface area is 517 Å². The molecule has 83 heavy (non-hydrogen) atoms. The van der Waals surface area contributed by atoms with Gasteiger partial charge in [-0.25, -0.2) is 4.98 Å². The summed E-state index contributed by atoms with van der Waals surface area (Å²) < 4.78 is 150. The van der Waals surface area contributed by atoms with Crippen LogP contribution < -0.4 is 9.30 Å². The number of nitrogens with zero attached hydrogens (tertiary/aromatic N) is 4. The van der Waals surface area contributed by atoms with Gasteiger partial charge in [0.1, 0.15) is 17.0 Å². The molecule has 0 amide bonds. The Kier molecular flexibility index (Phi) is 9.08. The summed E-state index contributed by atoms with van der Waals surface area (Å²) in [6.45, 7) is 6.70. The molecule has 5 heterocycles. The first-order valence-corrected chi connectivity index (χ1v) is 27.1. The number of fused-ring (bicyclic) bond motifs is 13. The number of rotatable bonds is 6. The number of aryl methyl sites for hydroxylation is 2. The van der Waals surface area contributed by atoms with Crippen molar-refractivity contribution >= 4 is 54.8 Å². The summed E-state index contributed by atoms with van der Waals surface area (Å²) in [6.07, 6.45) is 5.50. The fourth-order valence-electron chi connectivity index (χ4n) is 11.7. The molecule has 15 rings (SSSR count). The standard InChI is InChI=1S/C76H58N4O2.Pt/c1-46-19-17-20-47(2)72(46)49-38-62(48-31-34-70-63(37-48)61-28-14-16-30-69(61)82-70)73-64(39-49)57-25-11-9-23-55(57)56-24-10-12-26-58(56)65-40-51(76(6,7)8)41-68-74(65)79(73)45-78(68)52-21-18-22-53(43-52)81-54-32-33-60-59-27-13-15-29-66(59)80(67(60)44-54)71-42-50(35-36-77-71)75(3,4)5;/h9-42H,1-8H3;/q-2;/i1D3,2D3,9D,10D,11D,12D,23D,24D,25D,26D;. The molecule has 6 nitrogen and oxygen atoms in total. The van der Waals surface area contributed by atoms with Crippen molar-refractivity contribution in [2.75, 3.05) is 0 Å². The summed E-state index contributed by atoms with van der Waals surface area (Å²) in [5, 5.41) is 3.37. The molecule has 10 aromatic carbocycles. The van der Waals surface area contributed by atoms with E-state index in [1.54, 1.807) is 39.5 Å². The van der Waals surface area contributed by atoms with E-state index in [9.17, 15) is 11.0 Å². The zero-order valence-corrected chi connectivity index (χ0v) is 48.2. The minimum atomic E-state index is -2.90. The van der Waals surface area contributed by atoms with E-state index in [0.29, 0.717) is 61.5 Å². The van der Waals surface area contributed by atoms with E-state index in [1.165, 1.54) is 24.3 Å². The Morgan fingerprint density at radius 3 is 1.95 bits per heavy atom. The van der Waals surface area contributed by atoms with Crippen LogP contribution in [0.1, 0.15) is 83.0 Å². The van der Waals surface area contributed by atoms with Gasteiger partial charge in [0, 0.05) is 63.3 Å². The molecule has 0 radical (unpaired) electrons. The minimum Gasteiger partial charge on any atom is -0.510 e. The predicted molar refractivity (Wildman–Crippen MR) is 335 cm³/mol. The van der Waals surface area contributed by atoms with Crippen molar-refractivity contribution in [3.05, 3.63) is 247 Å². The van der Waals surface area contributed by atoms with E-state index in [2.05, 4.69) is 62.0 Å². The van der Waals surface area contributed by atoms with Crippen molar-refractivity contribution in [2.24, 2.45) is 0 Å². The van der Waals surface area contributed by atoms with E-state index in [-0.39, 0.29) is 93.6 Å². The van der Waals surface area contributed by atoms with Gasteiger partial charge in [0.15, 0.2) is 0 Å². The average molecular weight is 1270 g/mol. The molecule has 0 unspecified atom stereocenters. The molecule has 1 aliphatic rings. The van der Waals surface area contributed by atoms with Crippen molar-refractivity contribution < 1.29 is 54.0 Å². The van der Waals surface area contributed by atoms with Crippen LogP contribution >= 0.6 is 0 Å². The summed E-state index contributed by atoms with van der Waals surface area (Å²) in [4.78, 5) is 4.87.